The summed E-state index contributed by atoms with van der Waals surface area (Å²) in [6.45, 7) is 3.27. The van der Waals surface area contributed by atoms with Crippen LogP contribution >= 0.6 is 0 Å². The van der Waals surface area contributed by atoms with Gasteiger partial charge >= 0.3 is 0 Å². The number of aryl methyl sites for hydroxylation is 1. The molecule has 2 rings (SSSR count). The third-order valence-electron chi connectivity index (χ3n) is 3.53. The van der Waals surface area contributed by atoms with Crippen molar-refractivity contribution in [3.05, 3.63) is 35.4 Å². The minimum Gasteiger partial charge on any atom is -0.314 e. The first-order valence-corrected chi connectivity index (χ1v) is 9.03. The van der Waals surface area contributed by atoms with Crippen LogP contribution in [0.4, 0.5) is 0 Å². The van der Waals surface area contributed by atoms with Gasteiger partial charge in [-0.1, -0.05) is 31.2 Å². The van der Waals surface area contributed by atoms with E-state index in [0.717, 1.165) is 18.5 Å². The zero-order valence-corrected chi connectivity index (χ0v) is 12.9. The Morgan fingerprint density at radius 3 is 2.40 bits per heavy atom. The van der Waals surface area contributed by atoms with Crippen molar-refractivity contribution in [2.75, 3.05) is 12.3 Å². The van der Waals surface area contributed by atoms with Crippen LogP contribution in [0.2, 0.25) is 0 Å². The average molecular weight is 296 g/mol. The minimum absolute atomic E-state index is 0.194. The number of nitrogens with one attached hydrogen (secondary N) is 2. The highest BCUT2D eigenvalue weighted by Gasteiger charge is 2.20. The molecule has 1 fully saturated rings. The van der Waals surface area contributed by atoms with Crippen molar-refractivity contribution in [2.45, 2.75) is 45.2 Å². The summed E-state index contributed by atoms with van der Waals surface area (Å²) in [5.74, 6) is 0.194. The molecule has 112 valence electrons. The molecule has 0 saturated heterocycles. The van der Waals surface area contributed by atoms with Gasteiger partial charge in [-0.05, 0) is 43.4 Å². The molecule has 0 aromatic heterocycles. The summed E-state index contributed by atoms with van der Waals surface area (Å²) in [7, 11) is -3.16. The van der Waals surface area contributed by atoms with Crippen LogP contribution in [-0.2, 0) is 23.0 Å². The van der Waals surface area contributed by atoms with Gasteiger partial charge in [-0.3, -0.25) is 0 Å². The van der Waals surface area contributed by atoms with Gasteiger partial charge in [-0.2, -0.15) is 0 Å². The van der Waals surface area contributed by atoms with Crippen molar-refractivity contribution in [3.63, 3.8) is 0 Å². The minimum atomic E-state index is -3.16. The Bertz CT molecular complexity index is 507. The van der Waals surface area contributed by atoms with E-state index in [1.165, 1.54) is 18.4 Å². The smallest absolute Gasteiger partial charge is 0.211 e. The quantitative estimate of drug-likeness (QED) is 0.683. The molecule has 1 aliphatic carbocycles. The normalized spacial score (nSPS) is 15.4. The van der Waals surface area contributed by atoms with E-state index in [4.69, 9.17) is 0 Å². The second kappa shape index (κ2) is 7.20. The van der Waals surface area contributed by atoms with E-state index in [1.54, 1.807) is 0 Å². The molecule has 0 unspecified atom stereocenters. The maximum atomic E-state index is 11.8. The Morgan fingerprint density at radius 2 is 1.80 bits per heavy atom. The fourth-order valence-electron chi connectivity index (χ4n) is 2.01. The highest BCUT2D eigenvalue weighted by Crippen LogP contribution is 2.18. The molecule has 1 aliphatic rings. The molecule has 4 nitrogen and oxygen atoms in total. The number of sulfonamides is 1. The number of hydrogen-bond donors (Lipinski definition) is 2. The summed E-state index contributed by atoms with van der Waals surface area (Å²) in [5.41, 5.74) is 2.27. The maximum absolute atomic E-state index is 11.8. The van der Waals surface area contributed by atoms with Crippen molar-refractivity contribution >= 4 is 10.0 Å². The summed E-state index contributed by atoms with van der Waals surface area (Å²) in [4.78, 5) is 0. The standard InChI is InChI=1S/C15H24N2O2S/c1-2-13-4-6-14(7-5-13)12-17-20(18,19)11-3-10-16-15-8-9-15/h4-7,15-17H,2-3,8-12H2,1H3. The molecule has 20 heavy (non-hydrogen) atoms. The first kappa shape index (κ1) is 15.5. The highest BCUT2D eigenvalue weighted by molar-refractivity contribution is 7.89. The van der Waals surface area contributed by atoms with E-state index in [0.29, 0.717) is 19.0 Å². The van der Waals surface area contributed by atoms with E-state index in [2.05, 4.69) is 17.0 Å². The lowest BCUT2D eigenvalue weighted by Gasteiger charge is -2.08. The van der Waals surface area contributed by atoms with Gasteiger partial charge in [0.25, 0.3) is 0 Å². The zero-order chi connectivity index (χ0) is 14.4. The van der Waals surface area contributed by atoms with Crippen molar-refractivity contribution in [1.82, 2.24) is 10.0 Å². The van der Waals surface area contributed by atoms with E-state index >= 15 is 0 Å². The molecule has 0 bridgehead atoms. The maximum Gasteiger partial charge on any atom is 0.211 e. The van der Waals surface area contributed by atoms with Gasteiger partial charge in [0.05, 0.1) is 5.75 Å². The number of hydrogen-bond acceptors (Lipinski definition) is 3. The second-order valence-corrected chi connectivity index (χ2v) is 7.32. The molecule has 1 saturated carbocycles. The summed E-state index contributed by atoms with van der Waals surface area (Å²) in [5, 5.41) is 3.32. The molecule has 1 aromatic carbocycles. The summed E-state index contributed by atoms with van der Waals surface area (Å²) < 4.78 is 26.4. The van der Waals surface area contributed by atoms with Gasteiger partial charge in [0.1, 0.15) is 0 Å². The van der Waals surface area contributed by atoms with Crippen LogP contribution in [0.5, 0.6) is 0 Å². The van der Waals surface area contributed by atoms with Gasteiger partial charge in [0.15, 0.2) is 0 Å². The summed E-state index contributed by atoms with van der Waals surface area (Å²) in [6, 6.07) is 8.70. The summed E-state index contributed by atoms with van der Waals surface area (Å²) in [6.07, 6.45) is 4.14. The lowest BCUT2D eigenvalue weighted by Crippen LogP contribution is -2.28. The van der Waals surface area contributed by atoms with Crippen LogP contribution in [-0.4, -0.2) is 26.8 Å². The first-order valence-electron chi connectivity index (χ1n) is 7.37. The molecule has 0 heterocycles. The molecular formula is C15H24N2O2S. The molecule has 0 radical (unpaired) electrons. The third-order valence-corrected chi connectivity index (χ3v) is 4.94. The number of benzene rings is 1. The first-order chi connectivity index (χ1) is 9.59. The SMILES string of the molecule is CCc1ccc(CNS(=O)(=O)CCCNC2CC2)cc1. The zero-order valence-electron chi connectivity index (χ0n) is 12.1. The predicted molar refractivity (Wildman–Crippen MR) is 82.1 cm³/mol. The van der Waals surface area contributed by atoms with E-state index in [1.807, 2.05) is 24.3 Å². The molecule has 5 heteroatoms. The van der Waals surface area contributed by atoms with Crippen LogP contribution in [0, 0.1) is 0 Å². The van der Waals surface area contributed by atoms with Crippen molar-refractivity contribution in [3.8, 4) is 0 Å². The average Bonchev–Trinajstić information content (AvgIpc) is 3.26. The summed E-state index contributed by atoms with van der Waals surface area (Å²) >= 11 is 0. The van der Waals surface area contributed by atoms with Crippen LogP contribution < -0.4 is 10.0 Å². The molecule has 1 aromatic rings. The van der Waals surface area contributed by atoms with E-state index in [-0.39, 0.29) is 5.75 Å². The largest absolute Gasteiger partial charge is 0.314 e. The fourth-order valence-corrected chi connectivity index (χ4v) is 3.07. The monoisotopic (exact) mass is 296 g/mol. The van der Waals surface area contributed by atoms with Gasteiger partial charge in [0.2, 0.25) is 10.0 Å². The lowest BCUT2D eigenvalue weighted by molar-refractivity contribution is 0.574. The predicted octanol–water partition coefficient (Wildman–Crippen LogP) is 1.81. The Morgan fingerprint density at radius 1 is 1.15 bits per heavy atom. The Kier molecular flexibility index (Phi) is 5.57. The van der Waals surface area contributed by atoms with Crippen molar-refractivity contribution in [1.29, 1.82) is 0 Å². The molecule has 0 atom stereocenters. The molecule has 0 spiro atoms. The number of rotatable bonds is 9. The van der Waals surface area contributed by atoms with Gasteiger partial charge in [-0.15, -0.1) is 0 Å². The Balaban J connectivity index is 1.69. The molecule has 0 amide bonds. The molecule has 2 N–H and O–H groups in total. The van der Waals surface area contributed by atoms with Gasteiger partial charge in [0, 0.05) is 12.6 Å². The van der Waals surface area contributed by atoms with Gasteiger partial charge < -0.3 is 5.32 Å². The van der Waals surface area contributed by atoms with Gasteiger partial charge in [-0.25, -0.2) is 13.1 Å². The lowest BCUT2D eigenvalue weighted by atomic mass is 10.1. The van der Waals surface area contributed by atoms with E-state index < -0.39 is 10.0 Å². The van der Waals surface area contributed by atoms with Crippen LogP contribution in [0.25, 0.3) is 0 Å². The van der Waals surface area contributed by atoms with Crippen LogP contribution in [0.1, 0.15) is 37.3 Å². The van der Waals surface area contributed by atoms with Crippen molar-refractivity contribution in [2.24, 2.45) is 0 Å². The third kappa shape index (κ3) is 5.61. The second-order valence-electron chi connectivity index (χ2n) is 5.39. The Labute approximate surface area is 122 Å². The topological polar surface area (TPSA) is 58.2 Å². The van der Waals surface area contributed by atoms with Crippen LogP contribution in [0.3, 0.4) is 0 Å². The fraction of sp³-hybridized carbons (Fsp3) is 0.600. The van der Waals surface area contributed by atoms with Crippen molar-refractivity contribution < 1.29 is 8.42 Å². The van der Waals surface area contributed by atoms with Crippen LogP contribution in [0.15, 0.2) is 24.3 Å². The Hall–Kier alpha value is -0.910. The molecule has 0 aliphatic heterocycles. The molecular weight excluding hydrogens is 272 g/mol. The van der Waals surface area contributed by atoms with E-state index in [9.17, 15) is 8.42 Å². The highest BCUT2D eigenvalue weighted by atomic mass is 32.2.